The van der Waals surface area contributed by atoms with Gasteiger partial charge in [-0.1, -0.05) is 0 Å². The van der Waals surface area contributed by atoms with Gasteiger partial charge in [-0.2, -0.15) is 5.10 Å². The van der Waals surface area contributed by atoms with E-state index in [9.17, 15) is 9.90 Å². The Morgan fingerprint density at radius 1 is 1.53 bits per heavy atom. The maximum Gasteiger partial charge on any atom is 0.272 e. The van der Waals surface area contributed by atoms with Gasteiger partial charge in [0.25, 0.3) is 5.91 Å². The first-order valence-corrected chi connectivity index (χ1v) is 6.51. The molecule has 0 radical (unpaired) electrons. The third-order valence-electron chi connectivity index (χ3n) is 3.81. The molecule has 0 spiro atoms. The van der Waals surface area contributed by atoms with Gasteiger partial charge in [0.05, 0.1) is 5.69 Å². The van der Waals surface area contributed by atoms with Crippen LogP contribution in [0.5, 0.6) is 0 Å². The van der Waals surface area contributed by atoms with Gasteiger partial charge in [0.2, 0.25) is 0 Å². The lowest BCUT2D eigenvalue weighted by Crippen LogP contribution is -2.37. The van der Waals surface area contributed by atoms with Gasteiger partial charge in [0, 0.05) is 38.7 Å². The average Bonchev–Trinajstić information content (AvgIpc) is 2.91. The van der Waals surface area contributed by atoms with Crippen LogP contribution < -0.4 is 0 Å². The molecule has 106 valence electrons. The molecule has 2 rings (SSSR count). The Labute approximate surface area is 113 Å². The fraction of sp³-hybridized carbons (Fsp3) is 0.692. The normalized spacial score (nSPS) is 23.4. The number of amides is 1. The molecule has 1 saturated heterocycles. The molecule has 2 heterocycles. The first-order chi connectivity index (χ1) is 8.93. The van der Waals surface area contributed by atoms with Gasteiger partial charge < -0.3 is 14.9 Å². The number of aryl methyl sites for hydroxylation is 2. The van der Waals surface area contributed by atoms with E-state index in [0.29, 0.717) is 18.8 Å². The van der Waals surface area contributed by atoms with Gasteiger partial charge in [0.15, 0.2) is 0 Å². The van der Waals surface area contributed by atoms with E-state index in [2.05, 4.69) is 10.00 Å². The van der Waals surface area contributed by atoms with E-state index in [1.807, 2.05) is 25.9 Å². The molecule has 0 unspecified atom stereocenters. The zero-order valence-corrected chi connectivity index (χ0v) is 12.0. The molecule has 0 aliphatic carbocycles. The summed E-state index contributed by atoms with van der Waals surface area (Å²) in [4.78, 5) is 16.4. The van der Waals surface area contributed by atoms with Crippen molar-refractivity contribution in [3.8, 4) is 0 Å². The molecule has 2 atom stereocenters. The highest BCUT2D eigenvalue weighted by Crippen LogP contribution is 2.22. The minimum Gasteiger partial charge on any atom is -0.396 e. The van der Waals surface area contributed by atoms with E-state index in [1.54, 1.807) is 17.8 Å². The molecule has 6 nitrogen and oxygen atoms in total. The minimum absolute atomic E-state index is 0.00843. The van der Waals surface area contributed by atoms with Crippen LogP contribution in [-0.2, 0) is 7.05 Å². The summed E-state index contributed by atoms with van der Waals surface area (Å²) < 4.78 is 1.62. The molecule has 1 aliphatic heterocycles. The Kier molecular flexibility index (Phi) is 3.91. The Morgan fingerprint density at radius 2 is 2.21 bits per heavy atom. The zero-order chi connectivity index (χ0) is 14.2. The summed E-state index contributed by atoms with van der Waals surface area (Å²) in [7, 11) is 5.74. The van der Waals surface area contributed by atoms with Gasteiger partial charge in [-0.25, -0.2) is 0 Å². The number of aromatic nitrogens is 2. The average molecular weight is 266 g/mol. The van der Waals surface area contributed by atoms with Crippen LogP contribution in [0, 0.1) is 12.8 Å². The number of aliphatic hydroxyl groups excluding tert-OH is 1. The van der Waals surface area contributed by atoms with E-state index in [1.165, 1.54) is 0 Å². The Bertz CT molecular complexity index is 469. The van der Waals surface area contributed by atoms with Crippen LogP contribution in [0.4, 0.5) is 0 Å². The van der Waals surface area contributed by atoms with Crippen LogP contribution in [0.15, 0.2) is 6.07 Å². The number of likely N-dealkylation sites (N-methyl/N-ethyl adjacent to an activating group) is 1. The number of hydrogen-bond donors (Lipinski definition) is 1. The number of nitrogens with zero attached hydrogens (tertiary/aromatic N) is 4. The summed E-state index contributed by atoms with van der Waals surface area (Å²) in [6.07, 6.45) is 0. The lowest BCUT2D eigenvalue weighted by Gasteiger charge is -2.23. The van der Waals surface area contributed by atoms with Crippen molar-refractivity contribution < 1.29 is 9.90 Å². The zero-order valence-electron chi connectivity index (χ0n) is 12.0. The SMILES string of the molecule is Cc1cc(C(=O)N2C[C@@H](CO)[C@H](N(C)C)C2)n(C)n1. The van der Waals surface area contributed by atoms with Gasteiger partial charge in [0.1, 0.15) is 5.69 Å². The first kappa shape index (κ1) is 14.0. The molecule has 1 aromatic heterocycles. The summed E-state index contributed by atoms with van der Waals surface area (Å²) in [5, 5.41) is 13.6. The van der Waals surface area contributed by atoms with E-state index >= 15 is 0 Å². The summed E-state index contributed by atoms with van der Waals surface area (Å²) in [5.74, 6) is 0.110. The van der Waals surface area contributed by atoms with Gasteiger partial charge in [-0.3, -0.25) is 9.48 Å². The summed E-state index contributed by atoms with van der Waals surface area (Å²) in [5.41, 5.74) is 1.45. The van der Waals surface area contributed by atoms with Crippen LogP contribution in [0.3, 0.4) is 0 Å². The summed E-state index contributed by atoms with van der Waals surface area (Å²) >= 11 is 0. The van der Waals surface area contributed by atoms with E-state index in [-0.39, 0.29) is 24.5 Å². The highest BCUT2D eigenvalue weighted by atomic mass is 16.3. The monoisotopic (exact) mass is 266 g/mol. The van der Waals surface area contributed by atoms with Crippen molar-refractivity contribution in [3.63, 3.8) is 0 Å². The van der Waals surface area contributed by atoms with Crippen LogP contribution in [0.1, 0.15) is 16.2 Å². The largest absolute Gasteiger partial charge is 0.396 e. The second kappa shape index (κ2) is 5.30. The number of carbonyl (C=O) groups is 1. The Morgan fingerprint density at radius 3 is 2.63 bits per heavy atom. The van der Waals surface area contributed by atoms with Crippen molar-refractivity contribution in [1.82, 2.24) is 19.6 Å². The third-order valence-corrected chi connectivity index (χ3v) is 3.81. The Balaban J connectivity index is 2.15. The lowest BCUT2D eigenvalue weighted by atomic mass is 10.0. The lowest BCUT2D eigenvalue weighted by molar-refractivity contribution is 0.0768. The van der Waals surface area contributed by atoms with Crippen LogP contribution in [-0.4, -0.2) is 70.4 Å². The minimum atomic E-state index is -0.00843. The van der Waals surface area contributed by atoms with E-state index in [0.717, 1.165) is 5.69 Å². The van der Waals surface area contributed by atoms with Crippen molar-refractivity contribution in [2.45, 2.75) is 13.0 Å². The second-order valence-corrected chi connectivity index (χ2v) is 5.48. The number of rotatable bonds is 3. The van der Waals surface area contributed by atoms with Crippen LogP contribution >= 0.6 is 0 Å². The second-order valence-electron chi connectivity index (χ2n) is 5.48. The third kappa shape index (κ3) is 2.64. The van der Waals surface area contributed by atoms with Crippen molar-refractivity contribution in [2.75, 3.05) is 33.8 Å². The topological polar surface area (TPSA) is 61.6 Å². The van der Waals surface area contributed by atoms with Gasteiger partial charge in [-0.05, 0) is 27.1 Å². The van der Waals surface area contributed by atoms with E-state index in [4.69, 9.17) is 0 Å². The van der Waals surface area contributed by atoms with Crippen molar-refractivity contribution in [2.24, 2.45) is 13.0 Å². The molecule has 1 aromatic rings. The summed E-state index contributed by atoms with van der Waals surface area (Å²) in [6.45, 7) is 3.24. The number of carbonyl (C=O) groups excluding carboxylic acids is 1. The molecule has 0 aromatic carbocycles. The van der Waals surface area contributed by atoms with E-state index < -0.39 is 0 Å². The number of hydrogen-bond acceptors (Lipinski definition) is 4. The maximum atomic E-state index is 12.5. The van der Waals surface area contributed by atoms with Crippen LogP contribution in [0.2, 0.25) is 0 Å². The first-order valence-electron chi connectivity index (χ1n) is 6.51. The number of likely N-dealkylation sites (tertiary alicyclic amines) is 1. The van der Waals surface area contributed by atoms with Crippen molar-refractivity contribution in [3.05, 3.63) is 17.5 Å². The van der Waals surface area contributed by atoms with Gasteiger partial charge >= 0.3 is 0 Å². The molecule has 19 heavy (non-hydrogen) atoms. The van der Waals surface area contributed by atoms with Crippen molar-refractivity contribution in [1.29, 1.82) is 0 Å². The quantitative estimate of drug-likeness (QED) is 0.817. The molecule has 1 N–H and O–H groups in total. The molecular formula is C13H22N4O2. The maximum absolute atomic E-state index is 12.5. The predicted molar refractivity (Wildman–Crippen MR) is 71.9 cm³/mol. The number of aliphatic hydroxyl groups is 1. The van der Waals surface area contributed by atoms with Gasteiger partial charge in [-0.15, -0.1) is 0 Å². The molecule has 1 aliphatic rings. The highest BCUT2D eigenvalue weighted by molar-refractivity contribution is 5.93. The fourth-order valence-electron chi connectivity index (χ4n) is 2.76. The molecule has 0 bridgehead atoms. The Hall–Kier alpha value is -1.40. The molecule has 1 amide bonds. The molecular weight excluding hydrogens is 244 g/mol. The fourth-order valence-corrected chi connectivity index (χ4v) is 2.76. The molecule has 0 saturated carbocycles. The molecule has 1 fully saturated rings. The van der Waals surface area contributed by atoms with Crippen LogP contribution in [0.25, 0.3) is 0 Å². The summed E-state index contributed by atoms with van der Waals surface area (Å²) in [6, 6.07) is 2.02. The smallest absolute Gasteiger partial charge is 0.272 e. The predicted octanol–water partition coefficient (Wildman–Crippen LogP) is -0.277. The molecule has 6 heteroatoms. The highest BCUT2D eigenvalue weighted by Gasteiger charge is 2.36. The van der Waals surface area contributed by atoms with Crippen molar-refractivity contribution >= 4 is 5.91 Å². The standard InChI is InChI=1S/C13H22N4O2/c1-9-5-11(16(4)14-9)13(19)17-6-10(8-18)12(7-17)15(2)3/h5,10,12,18H,6-8H2,1-4H3/t10-,12+/m0/s1.